The van der Waals surface area contributed by atoms with E-state index in [2.05, 4.69) is 0 Å². The largest absolute Gasteiger partial charge is 0.416 e. The zero-order valence-electron chi connectivity index (χ0n) is 19.6. The van der Waals surface area contributed by atoms with Crippen LogP contribution in [0.15, 0.2) is 52.5 Å². The summed E-state index contributed by atoms with van der Waals surface area (Å²) in [5.41, 5.74) is 1.15. The normalized spacial score (nSPS) is 17.0. The summed E-state index contributed by atoms with van der Waals surface area (Å²) >= 11 is 1.33. The standard InChI is InChI=1S/C24H28F3N3O3S2/c1-3-29(4-2)35(31,32)20-10-11-22-21(14-20)28-23(30(22)15-19-9-6-12-33-19)34-16-17-7-5-8-18(13-17)24(25,26)27/h5,7-8,10-11,13-14,19H,3-4,6,9,12,15-16H2,1-2H3. The number of fused-ring (bicyclic) bond motifs is 1. The van der Waals surface area contributed by atoms with E-state index in [-0.39, 0.29) is 11.0 Å². The third-order valence-electron chi connectivity index (χ3n) is 6.06. The number of halogens is 3. The second-order valence-electron chi connectivity index (χ2n) is 8.37. The first-order valence-corrected chi connectivity index (χ1v) is 14.0. The lowest BCUT2D eigenvalue weighted by atomic mass is 10.1. The molecule has 2 aromatic carbocycles. The molecule has 190 valence electrons. The van der Waals surface area contributed by atoms with E-state index < -0.39 is 21.8 Å². The predicted molar refractivity (Wildman–Crippen MR) is 130 cm³/mol. The molecule has 3 aromatic rings. The average molecular weight is 528 g/mol. The highest BCUT2D eigenvalue weighted by Crippen LogP contribution is 2.33. The number of imidazole rings is 1. The Balaban J connectivity index is 1.68. The maximum atomic E-state index is 13.1. The van der Waals surface area contributed by atoms with Crippen molar-refractivity contribution in [3.8, 4) is 0 Å². The first-order chi connectivity index (χ1) is 16.6. The molecule has 1 aliphatic heterocycles. The van der Waals surface area contributed by atoms with Crippen LogP contribution in [0.5, 0.6) is 0 Å². The number of ether oxygens (including phenoxy) is 1. The maximum absolute atomic E-state index is 13.1. The molecule has 0 radical (unpaired) electrons. The van der Waals surface area contributed by atoms with E-state index in [1.807, 2.05) is 4.57 Å². The summed E-state index contributed by atoms with van der Waals surface area (Å²) in [7, 11) is -3.65. The number of benzene rings is 2. The van der Waals surface area contributed by atoms with Crippen molar-refractivity contribution in [1.82, 2.24) is 13.9 Å². The third kappa shape index (κ3) is 5.68. The Morgan fingerprint density at radius 2 is 1.94 bits per heavy atom. The molecular formula is C24H28F3N3O3S2. The van der Waals surface area contributed by atoms with E-state index in [9.17, 15) is 21.6 Å². The number of aromatic nitrogens is 2. The molecule has 1 fully saturated rings. The molecule has 0 N–H and O–H groups in total. The van der Waals surface area contributed by atoms with E-state index >= 15 is 0 Å². The number of hydrogen-bond acceptors (Lipinski definition) is 5. The third-order valence-corrected chi connectivity index (χ3v) is 9.15. The molecule has 35 heavy (non-hydrogen) atoms. The highest BCUT2D eigenvalue weighted by atomic mass is 32.2. The molecule has 11 heteroatoms. The van der Waals surface area contributed by atoms with Gasteiger partial charge in [0.25, 0.3) is 0 Å². The monoisotopic (exact) mass is 527 g/mol. The minimum atomic E-state index is -4.40. The van der Waals surface area contributed by atoms with E-state index in [4.69, 9.17) is 9.72 Å². The summed E-state index contributed by atoms with van der Waals surface area (Å²) in [6.45, 7) is 5.54. The first kappa shape index (κ1) is 26.0. The van der Waals surface area contributed by atoms with Crippen molar-refractivity contribution in [2.45, 2.75) is 61.3 Å². The van der Waals surface area contributed by atoms with Crippen LogP contribution in [0.1, 0.15) is 37.8 Å². The van der Waals surface area contributed by atoms with Crippen molar-refractivity contribution < 1.29 is 26.3 Å². The topological polar surface area (TPSA) is 64.4 Å². The van der Waals surface area contributed by atoms with Crippen LogP contribution in [0.4, 0.5) is 13.2 Å². The molecule has 1 saturated heterocycles. The van der Waals surface area contributed by atoms with Gasteiger partial charge in [-0.15, -0.1) is 0 Å². The van der Waals surface area contributed by atoms with Gasteiger partial charge < -0.3 is 9.30 Å². The Labute approximate surface area is 207 Å². The summed E-state index contributed by atoms with van der Waals surface area (Å²) in [4.78, 5) is 4.86. The molecule has 1 atom stereocenters. The van der Waals surface area contributed by atoms with E-state index in [1.54, 1.807) is 38.1 Å². The van der Waals surface area contributed by atoms with Crippen LogP contribution in [0.25, 0.3) is 11.0 Å². The molecule has 0 spiro atoms. The molecule has 0 bridgehead atoms. The van der Waals surface area contributed by atoms with Crippen molar-refractivity contribution in [2.24, 2.45) is 0 Å². The van der Waals surface area contributed by atoms with Gasteiger partial charge >= 0.3 is 6.18 Å². The van der Waals surface area contributed by atoms with E-state index in [0.717, 1.165) is 30.5 Å². The second-order valence-corrected chi connectivity index (χ2v) is 11.2. The molecule has 4 rings (SSSR count). The van der Waals surface area contributed by atoms with Crippen molar-refractivity contribution in [3.63, 3.8) is 0 Å². The minimum Gasteiger partial charge on any atom is -0.376 e. The average Bonchev–Trinajstić information content (AvgIpc) is 3.46. The summed E-state index contributed by atoms with van der Waals surface area (Å²) in [5.74, 6) is 0.295. The van der Waals surface area contributed by atoms with Crippen molar-refractivity contribution in [2.75, 3.05) is 19.7 Å². The molecule has 6 nitrogen and oxygen atoms in total. The number of hydrogen-bond donors (Lipinski definition) is 0. The van der Waals surface area contributed by atoms with Crippen LogP contribution in [0.3, 0.4) is 0 Å². The van der Waals surface area contributed by atoms with Crippen molar-refractivity contribution in [3.05, 3.63) is 53.6 Å². The van der Waals surface area contributed by atoms with Gasteiger partial charge in [0.15, 0.2) is 5.16 Å². The first-order valence-electron chi connectivity index (χ1n) is 11.5. The van der Waals surface area contributed by atoms with E-state index in [0.29, 0.717) is 48.2 Å². The van der Waals surface area contributed by atoms with Crippen molar-refractivity contribution >= 4 is 32.8 Å². The van der Waals surface area contributed by atoms with Gasteiger partial charge in [0, 0.05) is 25.4 Å². The maximum Gasteiger partial charge on any atom is 0.416 e. The lowest BCUT2D eigenvalue weighted by Crippen LogP contribution is -2.30. The van der Waals surface area contributed by atoms with Gasteiger partial charge in [0.1, 0.15) is 0 Å². The molecule has 2 heterocycles. The minimum absolute atomic E-state index is 0.0133. The van der Waals surface area contributed by atoms with Gasteiger partial charge in [-0.25, -0.2) is 13.4 Å². The molecule has 1 unspecified atom stereocenters. The molecule has 1 aliphatic rings. The molecule has 0 aliphatic carbocycles. The summed E-state index contributed by atoms with van der Waals surface area (Å²) in [6.07, 6.45) is -2.51. The van der Waals surface area contributed by atoms with Crippen LogP contribution in [0.2, 0.25) is 0 Å². The van der Waals surface area contributed by atoms with Gasteiger partial charge in [-0.05, 0) is 42.7 Å². The van der Waals surface area contributed by atoms with Gasteiger partial charge in [-0.2, -0.15) is 17.5 Å². The van der Waals surface area contributed by atoms with Gasteiger partial charge in [-0.3, -0.25) is 0 Å². The number of nitrogens with zero attached hydrogens (tertiary/aromatic N) is 3. The summed E-state index contributed by atoms with van der Waals surface area (Å²) in [5, 5.41) is 0.616. The lowest BCUT2D eigenvalue weighted by Gasteiger charge is -2.18. The van der Waals surface area contributed by atoms with Crippen LogP contribution < -0.4 is 0 Å². The Kier molecular flexibility index (Phi) is 7.80. The number of thioether (sulfide) groups is 1. The van der Waals surface area contributed by atoms with Gasteiger partial charge in [0.05, 0.1) is 34.1 Å². The Bertz CT molecular complexity index is 1280. The molecule has 0 amide bonds. The van der Waals surface area contributed by atoms with Gasteiger partial charge in [0.2, 0.25) is 10.0 Å². The lowest BCUT2D eigenvalue weighted by molar-refractivity contribution is -0.137. The summed E-state index contributed by atoms with van der Waals surface area (Å²) in [6, 6.07) is 10.2. The predicted octanol–water partition coefficient (Wildman–Crippen LogP) is 5.56. The van der Waals surface area contributed by atoms with Crippen LogP contribution in [-0.2, 0) is 33.2 Å². The number of rotatable bonds is 9. The second kappa shape index (κ2) is 10.5. The zero-order chi connectivity index (χ0) is 25.2. The van der Waals surface area contributed by atoms with Crippen LogP contribution >= 0.6 is 11.8 Å². The van der Waals surface area contributed by atoms with Crippen molar-refractivity contribution in [1.29, 1.82) is 0 Å². The molecular weight excluding hydrogens is 499 g/mol. The Morgan fingerprint density at radius 3 is 2.60 bits per heavy atom. The zero-order valence-corrected chi connectivity index (χ0v) is 21.2. The van der Waals surface area contributed by atoms with Crippen LogP contribution in [0, 0.1) is 0 Å². The molecule has 0 saturated carbocycles. The molecule has 1 aromatic heterocycles. The number of alkyl halides is 3. The highest BCUT2D eigenvalue weighted by molar-refractivity contribution is 7.98. The van der Waals surface area contributed by atoms with Gasteiger partial charge in [-0.1, -0.05) is 43.8 Å². The quantitative estimate of drug-likeness (QED) is 0.341. The number of sulfonamides is 1. The fraction of sp³-hybridized carbons (Fsp3) is 0.458. The highest BCUT2D eigenvalue weighted by Gasteiger charge is 2.30. The smallest absolute Gasteiger partial charge is 0.376 e. The Morgan fingerprint density at radius 1 is 1.17 bits per heavy atom. The van der Waals surface area contributed by atoms with Crippen LogP contribution in [-0.4, -0.2) is 48.1 Å². The fourth-order valence-corrected chi connectivity index (χ4v) is 6.67. The van der Waals surface area contributed by atoms with E-state index in [1.165, 1.54) is 22.1 Å². The fourth-order valence-electron chi connectivity index (χ4n) is 4.22. The SMILES string of the molecule is CCN(CC)S(=O)(=O)c1ccc2c(c1)nc(SCc1cccc(C(F)(F)F)c1)n2CC1CCCO1. The summed E-state index contributed by atoms with van der Waals surface area (Å²) < 4.78 is 74.5. The Hall–Kier alpha value is -2.08.